The van der Waals surface area contributed by atoms with Crippen LogP contribution in [0, 0.1) is 5.92 Å². The van der Waals surface area contributed by atoms with E-state index in [9.17, 15) is 9.59 Å². The molecule has 0 aromatic carbocycles. The Hall–Kier alpha value is -1.10. The molecule has 3 aliphatic heterocycles. The van der Waals surface area contributed by atoms with Gasteiger partial charge in [-0.2, -0.15) is 0 Å². The third-order valence-electron chi connectivity index (χ3n) is 4.38. The number of hydrogen-bond donors (Lipinski definition) is 1. The minimum absolute atomic E-state index is 0.0804. The Balaban J connectivity index is 1.75. The zero-order chi connectivity index (χ0) is 12.0. The summed E-state index contributed by atoms with van der Waals surface area (Å²) in [5.41, 5.74) is 0. The molecule has 0 bridgehead atoms. The summed E-state index contributed by atoms with van der Waals surface area (Å²) in [7, 11) is 0. The number of nitrogens with zero attached hydrogens (tertiary/aromatic N) is 2. The van der Waals surface area contributed by atoms with Gasteiger partial charge in [0.2, 0.25) is 5.91 Å². The first-order valence-corrected chi connectivity index (χ1v) is 6.52. The molecule has 3 saturated heterocycles. The van der Waals surface area contributed by atoms with Gasteiger partial charge in [-0.05, 0) is 25.8 Å². The van der Waals surface area contributed by atoms with Crippen LogP contribution in [0.15, 0.2) is 0 Å². The molecular formula is C12H19N3O2. The topological polar surface area (TPSA) is 52.6 Å². The van der Waals surface area contributed by atoms with Crippen LogP contribution in [0.5, 0.6) is 0 Å². The van der Waals surface area contributed by atoms with E-state index in [4.69, 9.17) is 0 Å². The second-order valence-electron chi connectivity index (χ2n) is 5.45. The molecule has 1 N–H and O–H groups in total. The molecule has 0 aromatic rings. The maximum absolute atomic E-state index is 11.9. The van der Waals surface area contributed by atoms with Gasteiger partial charge in [0.1, 0.15) is 0 Å². The van der Waals surface area contributed by atoms with Crippen molar-refractivity contribution in [2.24, 2.45) is 5.92 Å². The SMILES string of the molecule is CC1CN(C2CCN3CCCC23)C(=O)NC1=O. The summed E-state index contributed by atoms with van der Waals surface area (Å²) in [6.07, 6.45) is 3.49. The number of urea groups is 1. The molecule has 3 unspecified atom stereocenters. The molecule has 94 valence electrons. The van der Waals surface area contributed by atoms with Crippen LogP contribution < -0.4 is 5.32 Å². The van der Waals surface area contributed by atoms with Gasteiger partial charge in [-0.25, -0.2) is 4.79 Å². The highest BCUT2D eigenvalue weighted by Crippen LogP contribution is 2.32. The van der Waals surface area contributed by atoms with E-state index in [1.165, 1.54) is 19.4 Å². The largest absolute Gasteiger partial charge is 0.324 e. The van der Waals surface area contributed by atoms with Gasteiger partial charge in [-0.3, -0.25) is 15.0 Å². The average molecular weight is 237 g/mol. The number of fused-ring (bicyclic) bond motifs is 1. The highest BCUT2D eigenvalue weighted by Gasteiger charge is 2.44. The Morgan fingerprint density at radius 1 is 1.18 bits per heavy atom. The van der Waals surface area contributed by atoms with Crippen molar-refractivity contribution in [3.8, 4) is 0 Å². The highest BCUT2D eigenvalue weighted by atomic mass is 16.2. The quantitative estimate of drug-likeness (QED) is 0.718. The molecule has 5 heteroatoms. The van der Waals surface area contributed by atoms with Crippen molar-refractivity contribution in [3.63, 3.8) is 0 Å². The lowest BCUT2D eigenvalue weighted by Crippen LogP contribution is -2.58. The van der Waals surface area contributed by atoms with Gasteiger partial charge in [0.05, 0.1) is 12.0 Å². The van der Waals surface area contributed by atoms with E-state index in [2.05, 4.69) is 10.2 Å². The van der Waals surface area contributed by atoms with E-state index >= 15 is 0 Å². The fourth-order valence-corrected chi connectivity index (χ4v) is 3.47. The second-order valence-corrected chi connectivity index (χ2v) is 5.45. The third-order valence-corrected chi connectivity index (χ3v) is 4.38. The van der Waals surface area contributed by atoms with E-state index in [1.807, 2.05) is 11.8 Å². The second kappa shape index (κ2) is 3.98. The molecule has 5 nitrogen and oxygen atoms in total. The summed E-state index contributed by atoms with van der Waals surface area (Å²) < 4.78 is 0. The Morgan fingerprint density at radius 2 is 2.00 bits per heavy atom. The van der Waals surface area contributed by atoms with E-state index in [1.54, 1.807) is 0 Å². The van der Waals surface area contributed by atoms with Crippen molar-refractivity contribution in [2.45, 2.75) is 38.3 Å². The van der Waals surface area contributed by atoms with Gasteiger partial charge in [-0.15, -0.1) is 0 Å². The van der Waals surface area contributed by atoms with Crippen molar-refractivity contribution in [1.29, 1.82) is 0 Å². The third kappa shape index (κ3) is 1.73. The summed E-state index contributed by atoms with van der Waals surface area (Å²) in [4.78, 5) is 27.7. The first-order chi connectivity index (χ1) is 8.16. The molecule has 0 spiro atoms. The molecule has 0 aromatic heterocycles. The molecule has 3 aliphatic rings. The van der Waals surface area contributed by atoms with E-state index in [0.717, 1.165) is 13.0 Å². The maximum atomic E-state index is 11.9. The van der Waals surface area contributed by atoms with E-state index < -0.39 is 0 Å². The molecule has 0 radical (unpaired) electrons. The normalized spacial score (nSPS) is 38.4. The standard InChI is InChI=1S/C12H19N3O2/c1-8-7-15(12(17)13-11(8)16)10-4-6-14-5-2-3-9(10)14/h8-10H,2-7H2,1H3,(H,13,16,17). The molecular weight excluding hydrogens is 218 g/mol. The molecule has 3 rings (SSSR count). The predicted molar refractivity (Wildman–Crippen MR) is 62.4 cm³/mol. The fraction of sp³-hybridized carbons (Fsp3) is 0.833. The predicted octanol–water partition coefficient (Wildman–Crippen LogP) is 0.411. The number of nitrogens with one attached hydrogen (secondary N) is 1. The van der Waals surface area contributed by atoms with Crippen molar-refractivity contribution in [2.75, 3.05) is 19.6 Å². The van der Waals surface area contributed by atoms with Crippen LogP contribution >= 0.6 is 0 Å². The van der Waals surface area contributed by atoms with Gasteiger partial charge < -0.3 is 4.90 Å². The summed E-state index contributed by atoms with van der Waals surface area (Å²) in [6.45, 7) is 4.74. The van der Waals surface area contributed by atoms with Gasteiger partial charge in [0.25, 0.3) is 0 Å². The Morgan fingerprint density at radius 3 is 2.82 bits per heavy atom. The zero-order valence-corrected chi connectivity index (χ0v) is 10.2. The Labute approximate surface area is 101 Å². The molecule has 17 heavy (non-hydrogen) atoms. The summed E-state index contributed by atoms with van der Waals surface area (Å²) in [5, 5.41) is 2.47. The van der Waals surface area contributed by atoms with Crippen LogP contribution in [0.2, 0.25) is 0 Å². The maximum Gasteiger partial charge on any atom is 0.324 e. The Bertz CT molecular complexity index is 358. The first-order valence-electron chi connectivity index (χ1n) is 6.52. The molecule has 3 fully saturated rings. The number of carbonyl (C=O) groups is 2. The zero-order valence-electron chi connectivity index (χ0n) is 10.2. The molecule has 0 aliphatic carbocycles. The number of amides is 3. The van der Waals surface area contributed by atoms with Gasteiger partial charge in [-0.1, -0.05) is 6.92 Å². The monoisotopic (exact) mass is 237 g/mol. The molecule has 0 saturated carbocycles. The van der Waals surface area contributed by atoms with Crippen LogP contribution in [0.1, 0.15) is 26.2 Å². The highest BCUT2D eigenvalue weighted by molar-refractivity contribution is 5.98. The molecule has 3 atom stereocenters. The summed E-state index contributed by atoms with van der Waals surface area (Å²) in [5.74, 6) is -0.212. The van der Waals surface area contributed by atoms with Crippen molar-refractivity contribution in [3.05, 3.63) is 0 Å². The number of carbonyl (C=O) groups excluding carboxylic acids is 2. The van der Waals surface area contributed by atoms with Gasteiger partial charge in [0, 0.05) is 19.1 Å². The lowest BCUT2D eigenvalue weighted by atomic mass is 10.0. The lowest BCUT2D eigenvalue weighted by Gasteiger charge is -2.37. The van der Waals surface area contributed by atoms with Crippen LogP contribution in [0.25, 0.3) is 0 Å². The van der Waals surface area contributed by atoms with Gasteiger partial charge in [0.15, 0.2) is 0 Å². The fourth-order valence-electron chi connectivity index (χ4n) is 3.47. The molecule has 3 amide bonds. The molecule has 3 heterocycles. The van der Waals surface area contributed by atoms with Crippen LogP contribution in [0.4, 0.5) is 4.79 Å². The van der Waals surface area contributed by atoms with Crippen molar-refractivity contribution < 1.29 is 9.59 Å². The van der Waals surface area contributed by atoms with E-state index in [0.29, 0.717) is 18.6 Å². The number of hydrogen-bond acceptors (Lipinski definition) is 3. The van der Waals surface area contributed by atoms with E-state index in [-0.39, 0.29) is 17.9 Å². The summed E-state index contributed by atoms with van der Waals surface area (Å²) >= 11 is 0. The van der Waals surface area contributed by atoms with Crippen molar-refractivity contribution in [1.82, 2.24) is 15.1 Å². The van der Waals surface area contributed by atoms with Gasteiger partial charge >= 0.3 is 6.03 Å². The number of imide groups is 1. The average Bonchev–Trinajstić information content (AvgIpc) is 2.85. The van der Waals surface area contributed by atoms with Crippen LogP contribution in [-0.4, -0.2) is 53.5 Å². The van der Waals surface area contributed by atoms with Crippen molar-refractivity contribution >= 4 is 11.9 Å². The van der Waals surface area contributed by atoms with Crippen LogP contribution in [-0.2, 0) is 4.79 Å². The Kier molecular flexibility index (Phi) is 2.58. The smallest absolute Gasteiger partial charge is 0.319 e. The minimum Gasteiger partial charge on any atom is -0.319 e. The number of rotatable bonds is 1. The minimum atomic E-state index is -0.188. The van der Waals surface area contributed by atoms with Crippen LogP contribution in [0.3, 0.4) is 0 Å². The lowest BCUT2D eigenvalue weighted by molar-refractivity contribution is -0.125. The summed E-state index contributed by atoms with van der Waals surface area (Å²) in [6, 6.07) is 0.654. The first kappa shape index (κ1) is 11.0.